The second-order valence-electron chi connectivity index (χ2n) is 6.85. The predicted molar refractivity (Wildman–Crippen MR) is 85.6 cm³/mol. The van der Waals surface area contributed by atoms with Crippen LogP contribution in [0, 0.1) is 11.7 Å². The van der Waals surface area contributed by atoms with Crippen LogP contribution in [0.15, 0.2) is 24.3 Å². The molecule has 0 aliphatic carbocycles. The minimum Gasteiger partial charge on any atom is -0.353 e. The molecule has 4 nitrogen and oxygen atoms in total. The molecule has 0 saturated carbocycles. The molecule has 2 aliphatic rings. The topological polar surface area (TPSA) is 58.2 Å². The molecule has 5 heteroatoms. The molecule has 0 radical (unpaired) electrons. The second kappa shape index (κ2) is 6.79. The van der Waals surface area contributed by atoms with Gasteiger partial charge in [-0.3, -0.25) is 9.59 Å². The highest BCUT2D eigenvalue weighted by Gasteiger charge is 2.34. The Morgan fingerprint density at radius 2 is 2.00 bits per heavy atom. The van der Waals surface area contributed by atoms with Crippen molar-refractivity contribution in [3.63, 3.8) is 0 Å². The molecule has 2 heterocycles. The molecule has 2 bridgehead atoms. The highest BCUT2D eigenvalue weighted by molar-refractivity contribution is 5.99. The first kappa shape index (κ1) is 16.1. The molecular formula is C18H23FN2O2. The van der Waals surface area contributed by atoms with E-state index < -0.39 is 11.7 Å². The van der Waals surface area contributed by atoms with Crippen molar-refractivity contribution >= 4 is 11.7 Å². The molecule has 0 spiro atoms. The molecule has 1 aromatic rings. The third kappa shape index (κ3) is 3.96. The van der Waals surface area contributed by atoms with Crippen LogP contribution in [0.3, 0.4) is 0 Å². The van der Waals surface area contributed by atoms with Crippen LogP contribution in [0.1, 0.15) is 49.4 Å². The summed E-state index contributed by atoms with van der Waals surface area (Å²) in [4.78, 5) is 24.5. The standard InChI is InChI=1S/C18H23FN2O2/c1-11(18(23)12-3-2-4-13(19)8-12)7-17(22)21-16-9-14-5-6-15(10-16)20-14/h2-4,8,11,14-16,20H,5-7,9-10H2,1H3,(H,21,22). The van der Waals surface area contributed by atoms with Gasteiger partial charge in [-0.1, -0.05) is 19.1 Å². The van der Waals surface area contributed by atoms with Crippen LogP contribution in [0.4, 0.5) is 4.39 Å². The molecule has 124 valence electrons. The number of carbonyl (C=O) groups is 2. The zero-order valence-corrected chi connectivity index (χ0v) is 13.3. The van der Waals surface area contributed by atoms with Crippen LogP contribution in [0.5, 0.6) is 0 Å². The molecule has 3 rings (SSSR count). The molecule has 2 saturated heterocycles. The van der Waals surface area contributed by atoms with Crippen molar-refractivity contribution in [2.24, 2.45) is 5.92 Å². The van der Waals surface area contributed by atoms with E-state index in [4.69, 9.17) is 0 Å². The monoisotopic (exact) mass is 318 g/mol. The number of ketones is 1. The van der Waals surface area contributed by atoms with Crippen LogP contribution >= 0.6 is 0 Å². The molecule has 2 N–H and O–H groups in total. The van der Waals surface area contributed by atoms with Gasteiger partial charge in [-0.05, 0) is 37.8 Å². The minimum absolute atomic E-state index is 0.0893. The zero-order valence-electron chi connectivity index (χ0n) is 13.3. The van der Waals surface area contributed by atoms with Crippen LogP contribution in [-0.4, -0.2) is 29.8 Å². The Bertz CT molecular complexity index is 592. The van der Waals surface area contributed by atoms with Gasteiger partial charge in [-0.25, -0.2) is 4.39 Å². The Hall–Kier alpha value is -1.75. The number of hydrogen-bond acceptors (Lipinski definition) is 3. The van der Waals surface area contributed by atoms with Crippen LogP contribution in [-0.2, 0) is 4.79 Å². The van der Waals surface area contributed by atoms with Gasteiger partial charge in [0.1, 0.15) is 5.82 Å². The average molecular weight is 318 g/mol. The molecule has 3 unspecified atom stereocenters. The normalized spacial score (nSPS) is 27.5. The second-order valence-corrected chi connectivity index (χ2v) is 6.85. The highest BCUT2D eigenvalue weighted by Crippen LogP contribution is 2.27. The zero-order chi connectivity index (χ0) is 16.4. The van der Waals surface area contributed by atoms with E-state index in [1.54, 1.807) is 13.0 Å². The van der Waals surface area contributed by atoms with E-state index in [2.05, 4.69) is 10.6 Å². The van der Waals surface area contributed by atoms with E-state index in [0.29, 0.717) is 17.6 Å². The van der Waals surface area contributed by atoms with Crippen molar-refractivity contribution in [3.8, 4) is 0 Å². The molecule has 2 fully saturated rings. The van der Waals surface area contributed by atoms with Crippen molar-refractivity contribution in [1.29, 1.82) is 0 Å². The number of Topliss-reactive ketones (excluding diaryl/α,β-unsaturated/α-hetero) is 1. The van der Waals surface area contributed by atoms with E-state index in [-0.39, 0.29) is 24.2 Å². The van der Waals surface area contributed by atoms with Crippen molar-refractivity contribution in [1.82, 2.24) is 10.6 Å². The number of piperidine rings is 1. The number of hydrogen-bond donors (Lipinski definition) is 2. The molecule has 2 aliphatic heterocycles. The van der Waals surface area contributed by atoms with Gasteiger partial charge in [-0.15, -0.1) is 0 Å². The minimum atomic E-state index is -0.449. The van der Waals surface area contributed by atoms with Crippen molar-refractivity contribution in [2.75, 3.05) is 0 Å². The van der Waals surface area contributed by atoms with Gasteiger partial charge in [0.15, 0.2) is 5.78 Å². The van der Waals surface area contributed by atoms with Crippen molar-refractivity contribution in [3.05, 3.63) is 35.6 Å². The Morgan fingerprint density at radius 1 is 1.30 bits per heavy atom. The van der Waals surface area contributed by atoms with E-state index >= 15 is 0 Å². The summed E-state index contributed by atoms with van der Waals surface area (Å²) in [5, 5.41) is 6.60. The lowest BCUT2D eigenvalue weighted by Crippen LogP contribution is -2.48. The van der Waals surface area contributed by atoms with Crippen molar-refractivity contribution < 1.29 is 14.0 Å². The fourth-order valence-electron chi connectivity index (χ4n) is 3.76. The Balaban J connectivity index is 1.52. The quantitative estimate of drug-likeness (QED) is 0.820. The van der Waals surface area contributed by atoms with Crippen LogP contribution < -0.4 is 10.6 Å². The number of amides is 1. The number of carbonyl (C=O) groups excluding carboxylic acids is 2. The van der Waals surface area contributed by atoms with Gasteiger partial charge in [0.25, 0.3) is 0 Å². The lowest BCUT2D eigenvalue weighted by molar-refractivity contribution is -0.122. The molecule has 3 atom stereocenters. The summed E-state index contributed by atoms with van der Waals surface area (Å²) in [6, 6.07) is 6.87. The summed E-state index contributed by atoms with van der Waals surface area (Å²) in [5.41, 5.74) is 0.324. The Kier molecular flexibility index (Phi) is 4.76. The first-order chi connectivity index (χ1) is 11.0. The number of benzene rings is 1. The number of rotatable bonds is 5. The predicted octanol–water partition coefficient (Wildman–Crippen LogP) is 2.43. The maximum absolute atomic E-state index is 13.2. The summed E-state index contributed by atoms with van der Waals surface area (Å²) in [7, 11) is 0. The Morgan fingerprint density at radius 3 is 2.65 bits per heavy atom. The molecular weight excluding hydrogens is 295 g/mol. The van der Waals surface area contributed by atoms with E-state index in [1.165, 1.54) is 31.0 Å². The number of fused-ring (bicyclic) bond motifs is 2. The summed E-state index contributed by atoms with van der Waals surface area (Å²) in [5.74, 6) is -1.16. The van der Waals surface area contributed by atoms with E-state index in [0.717, 1.165) is 12.8 Å². The fourth-order valence-corrected chi connectivity index (χ4v) is 3.76. The lowest BCUT2D eigenvalue weighted by Gasteiger charge is -2.30. The van der Waals surface area contributed by atoms with Gasteiger partial charge in [0.2, 0.25) is 5.91 Å². The highest BCUT2D eigenvalue weighted by atomic mass is 19.1. The van der Waals surface area contributed by atoms with Gasteiger partial charge in [-0.2, -0.15) is 0 Å². The average Bonchev–Trinajstić information content (AvgIpc) is 2.85. The Labute approximate surface area is 135 Å². The van der Waals surface area contributed by atoms with Crippen LogP contribution in [0.25, 0.3) is 0 Å². The third-order valence-electron chi connectivity index (χ3n) is 4.89. The largest absolute Gasteiger partial charge is 0.353 e. The third-order valence-corrected chi connectivity index (χ3v) is 4.89. The summed E-state index contributed by atoms with van der Waals surface area (Å²) in [6.45, 7) is 1.72. The van der Waals surface area contributed by atoms with Crippen molar-refractivity contribution in [2.45, 2.75) is 57.2 Å². The number of nitrogens with one attached hydrogen (secondary N) is 2. The van der Waals surface area contributed by atoms with Gasteiger partial charge in [0, 0.05) is 36.0 Å². The maximum Gasteiger partial charge on any atom is 0.220 e. The van der Waals surface area contributed by atoms with Gasteiger partial charge < -0.3 is 10.6 Å². The summed E-state index contributed by atoms with van der Waals surface area (Å²) in [6.07, 6.45) is 4.45. The molecule has 1 aromatic carbocycles. The number of halogens is 1. The van der Waals surface area contributed by atoms with E-state index in [9.17, 15) is 14.0 Å². The first-order valence-corrected chi connectivity index (χ1v) is 8.36. The van der Waals surface area contributed by atoms with E-state index in [1.807, 2.05) is 0 Å². The molecule has 1 amide bonds. The molecule has 0 aromatic heterocycles. The smallest absolute Gasteiger partial charge is 0.220 e. The van der Waals surface area contributed by atoms with Crippen LogP contribution in [0.2, 0.25) is 0 Å². The summed E-state index contributed by atoms with van der Waals surface area (Å²) < 4.78 is 13.2. The molecule has 23 heavy (non-hydrogen) atoms. The fraction of sp³-hybridized carbons (Fsp3) is 0.556. The maximum atomic E-state index is 13.2. The first-order valence-electron chi connectivity index (χ1n) is 8.36. The SMILES string of the molecule is CC(CC(=O)NC1CC2CCC(C1)N2)C(=O)c1cccc(F)c1. The lowest BCUT2D eigenvalue weighted by atomic mass is 9.95. The summed E-state index contributed by atoms with van der Waals surface area (Å²) >= 11 is 0. The van der Waals surface area contributed by atoms with Gasteiger partial charge >= 0.3 is 0 Å². The van der Waals surface area contributed by atoms with Gasteiger partial charge in [0.05, 0.1) is 0 Å².